The van der Waals surface area contributed by atoms with Gasteiger partial charge in [0.25, 0.3) is 6.47 Å². The summed E-state index contributed by atoms with van der Waals surface area (Å²) in [4.78, 5) is 10.5. The molecule has 0 spiro atoms. The Morgan fingerprint density at radius 1 is 1.35 bits per heavy atom. The SMILES string of the molecule is CC(CCCc1ccccc1)=C(NN)C(C)(C)OC=O. The number of hydrogen-bond acceptors (Lipinski definition) is 4. The molecule has 4 heteroatoms. The Kier molecular flexibility index (Phi) is 6.25. The second-order valence-electron chi connectivity index (χ2n) is 5.36. The Bertz CT molecular complexity index is 453. The summed E-state index contributed by atoms with van der Waals surface area (Å²) in [5, 5.41) is 0. The molecular formula is C16H24N2O2. The van der Waals surface area contributed by atoms with E-state index in [0.717, 1.165) is 30.5 Å². The van der Waals surface area contributed by atoms with E-state index in [2.05, 4.69) is 17.6 Å². The predicted octanol–water partition coefficient (Wildman–Crippen LogP) is 2.70. The molecule has 0 aliphatic heterocycles. The average molecular weight is 276 g/mol. The lowest BCUT2D eigenvalue weighted by Crippen LogP contribution is -2.39. The number of rotatable bonds is 8. The minimum Gasteiger partial charge on any atom is -0.455 e. The van der Waals surface area contributed by atoms with Gasteiger partial charge in [0.1, 0.15) is 5.60 Å². The number of ether oxygens (including phenoxy) is 1. The molecule has 0 radical (unpaired) electrons. The fraction of sp³-hybridized carbons (Fsp3) is 0.438. The van der Waals surface area contributed by atoms with E-state index in [0.29, 0.717) is 6.47 Å². The maximum atomic E-state index is 10.5. The third kappa shape index (κ3) is 4.70. The van der Waals surface area contributed by atoms with Crippen LogP contribution in [0.5, 0.6) is 0 Å². The van der Waals surface area contributed by atoms with E-state index in [-0.39, 0.29) is 0 Å². The van der Waals surface area contributed by atoms with Crippen molar-refractivity contribution < 1.29 is 9.53 Å². The quantitative estimate of drug-likeness (QED) is 0.435. The summed E-state index contributed by atoms with van der Waals surface area (Å²) in [5.41, 5.74) is 5.14. The second-order valence-corrected chi connectivity index (χ2v) is 5.36. The largest absolute Gasteiger partial charge is 0.455 e. The molecule has 0 atom stereocenters. The summed E-state index contributed by atoms with van der Waals surface area (Å²) in [7, 11) is 0. The fourth-order valence-corrected chi connectivity index (χ4v) is 2.32. The van der Waals surface area contributed by atoms with Crippen LogP contribution in [0.4, 0.5) is 0 Å². The van der Waals surface area contributed by atoms with E-state index in [1.54, 1.807) is 0 Å². The number of benzene rings is 1. The molecule has 0 saturated carbocycles. The smallest absolute Gasteiger partial charge is 0.294 e. The van der Waals surface area contributed by atoms with Crippen molar-refractivity contribution in [2.24, 2.45) is 5.84 Å². The third-order valence-corrected chi connectivity index (χ3v) is 3.38. The van der Waals surface area contributed by atoms with Gasteiger partial charge in [0, 0.05) is 0 Å². The van der Waals surface area contributed by atoms with Gasteiger partial charge in [-0.15, -0.1) is 0 Å². The van der Waals surface area contributed by atoms with Gasteiger partial charge >= 0.3 is 0 Å². The van der Waals surface area contributed by atoms with Crippen LogP contribution in [0.1, 0.15) is 39.2 Å². The first kappa shape index (κ1) is 16.2. The summed E-state index contributed by atoms with van der Waals surface area (Å²) >= 11 is 0. The van der Waals surface area contributed by atoms with E-state index in [1.807, 2.05) is 39.0 Å². The van der Waals surface area contributed by atoms with Crippen LogP contribution in [-0.2, 0) is 16.0 Å². The lowest BCUT2D eigenvalue weighted by atomic mass is 9.96. The maximum Gasteiger partial charge on any atom is 0.294 e. The average Bonchev–Trinajstić information content (AvgIpc) is 2.40. The molecule has 0 heterocycles. The van der Waals surface area contributed by atoms with E-state index in [1.165, 1.54) is 5.56 Å². The minimum absolute atomic E-state index is 0.453. The minimum atomic E-state index is -0.729. The summed E-state index contributed by atoms with van der Waals surface area (Å²) in [6, 6.07) is 10.4. The summed E-state index contributed by atoms with van der Waals surface area (Å²) in [6.45, 7) is 6.10. The summed E-state index contributed by atoms with van der Waals surface area (Å²) in [6.07, 6.45) is 2.95. The van der Waals surface area contributed by atoms with Crippen LogP contribution < -0.4 is 11.3 Å². The van der Waals surface area contributed by atoms with Crippen molar-refractivity contribution in [1.82, 2.24) is 5.43 Å². The number of nitrogens with one attached hydrogen (secondary N) is 1. The maximum absolute atomic E-state index is 10.5. The topological polar surface area (TPSA) is 64.3 Å². The first-order valence-electron chi connectivity index (χ1n) is 6.83. The van der Waals surface area contributed by atoms with Gasteiger partial charge in [0.05, 0.1) is 5.70 Å². The fourth-order valence-electron chi connectivity index (χ4n) is 2.32. The monoisotopic (exact) mass is 276 g/mol. The van der Waals surface area contributed by atoms with Crippen molar-refractivity contribution >= 4 is 6.47 Å². The van der Waals surface area contributed by atoms with Crippen LogP contribution in [0.2, 0.25) is 0 Å². The zero-order chi connectivity index (χ0) is 15.0. The molecule has 110 valence electrons. The lowest BCUT2D eigenvalue weighted by molar-refractivity contribution is -0.137. The highest BCUT2D eigenvalue weighted by molar-refractivity contribution is 5.40. The molecule has 0 unspecified atom stereocenters. The summed E-state index contributed by atoms with van der Waals surface area (Å²) in [5.74, 6) is 5.57. The Morgan fingerprint density at radius 2 is 2.00 bits per heavy atom. The number of nitrogens with two attached hydrogens (primary N) is 1. The van der Waals surface area contributed by atoms with Crippen LogP contribution in [0.3, 0.4) is 0 Å². The van der Waals surface area contributed by atoms with Crippen molar-refractivity contribution in [2.45, 2.75) is 45.6 Å². The molecule has 0 aliphatic carbocycles. The van der Waals surface area contributed by atoms with Gasteiger partial charge in [-0.3, -0.25) is 10.6 Å². The van der Waals surface area contributed by atoms with Gasteiger partial charge in [0.2, 0.25) is 0 Å². The molecule has 1 aromatic rings. The van der Waals surface area contributed by atoms with E-state index in [9.17, 15) is 4.79 Å². The molecule has 1 rings (SSSR count). The molecule has 0 saturated heterocycles. The van der Waals surface area contributed by atoms with E-state index in [4.69, 9.17) is 10.6 Å². The molecular weight excluding hydrogens is 252 g/mol. The van der Waals surface area contributed by atoms with Crippen LogP contribution in [0, 0.1) is 0 Å². The van der Waals surface area contributed by atoms with Crippen LogP contribution >= 0.6 is 0 Å². The highest BCUT2D eigenvalue weighted by atomic mass is 16.5. The van der Waals surface area contributed by atoms with Crippen molar-refractivity contribution in [1.29, 1.82) is 0 Å². The van der Waals surface area contributed by atoms with Gasteiger partial charge in [-0.05, 0) is 51.2 Å². The Balaban J connectivity index is 2.64. The van der Waals surface area contributed by atoms with Crippen LogP contribution in [-0.4, -0.2) is 12.1 Å². The lowest BCUT2D eigenvalue weighted by Gasteiger charge is -2.27. The van der Waals surface area contributed by atoms with Crippen LogP contribution in [0.15, 0.2) is 41.6 Å². The Hall–Kier alpha value is -1.81. The second kappa shape index (κ2) is 7.70. The number of hydrazine groups is 1. The normalized spacial score (nSPS) is 12.6. The Labute approximate surface area is 121 Å². The standard InChI is InChI=1S/C16H24N2O2/c1-13(15(18-17)16(2,3)20-12-19)8-7-11-14-9-5-4-6-10-14/h4-6,9-10,12,18H,7-8,11,17H2,1-3H3. The van der Waals surface area contributed by atoms with Crippen molar-refractivity contribution in [3.63, 3.8) is 0 Å². The number of hydrogen-bond donors (Lipinski definition) is 2. The van der Waals surface area contributed by atoms with Gasteiger partial charge in [-0.1, -0.05) is 30.3 Å². The molecule has 0 aromatic heterocycles. The zero-order valence-electron chi connectivity index (χ0n) is 12.5. The molecule has 0 fully saturated rings. The molecule has 20 heavy (non-hydrogen) atoms. The van der Waals surface area contributed by atoms with Crippen LogP contribution in [0.25, 0.3) is 0 Å². The number of carbonyl (C=O) groups excluding carboxylic acids is 1. The first-order chi connectivity index (χ1) is 9.51. The molecule has 1 aromatic carbocycles. The summed E-state index contributed by atoms with van der Waals surface area (Å²) < 4.78 is 5.09. The predicted molar refractivity (Wildman–Crippen MR) is 80.6 cm³/mol. The van der Waals surface area contributed by atoms with E-state index >= 15 is 0 Å². The molecule has 0 bridgehead atoms. The number of carbonyl (C=O) groups is 1. The third-order valence-electron chi connectivity index (χ3n) is 3.38. The number of allylic oxidation sites excluding steroid dienone is 1. The van der Waals surface area contributed by atoms with Gasteiger partial charge in [0.15, 0.2) is 0 Å². The van der Waals surface area contributed by atoms with E-state index < -0.39 is 5.60 Å². The van der Waals surface area contributed by atoms with Gasteiger partial charge < -0.3 is 10.2 Å². The van der Waals surface area contributed by atoms with Crippen molar-refractivity contribution in [3.8, 4) is 0 Å². The molecule has 3 N–H and O–H groups in total. The highest BCUT2D eigenvalue weighted by Gasteiger charge is 2.26. The highest BCUT2D eigenvalue weighted by Crippen LogP contribution is 2.23. The first-order valence-corrected chi connectivity index (χ1v) is 6.83. The Morgan fingerprint density at radius 3 is 2.55 bits per heavy atom. The van der Waals surface area contributed by atoms with Crippen molar-refractivity contribution in [3.05, 3.63) is 47.2 Å². The van der Waals surface area contributed by atoms with Gasteiger partial charge in [-0.25, -0.2) is 0 Å². The molecule has 0 aliphatic rings. The zero-order valence-corrected chi connectivity index (χ0v) is 12.5. The molecule has 0 amide bonds. The van der Waals surface area contributed by atoms with Crippen molar-refractivity contribution in [2.75, 3.05) is 0 Å². The number of aryl methyl sites for hydroxylation is 1. The van der Waals surface area contributed by atoms with Gasteiger partial charge in [-0.2, -0.15) is 0 Å². The molecule has 4 nitrogen and oxygen atoms in total.